The van der Waals surface area contributed by atoms with Gasteiger partial charge in [-0.3, -0.25) is 0 Å². The van der Waals surface area contributed by atoms with Gasteiger partial charge in [0.1, 0.15) is 0 Å². The Hall–Kier alpha value is -2.44. The summed E-state index contributed by atoms with van der Waals surface area (Å²) in [6.45, 7) is 17.5. The van der Waals surface area contributed by atoms with Crippen molar-refractivity contribution < 1.29 is 0 Å². The van der Waals surface area contributed by atoms with Crippen LogP contribution in [0.2, 0.25) is 0 Å². The molecule has 0 bridgehead atoms. The lowest BCUT2D eigenvalue weighted by molar-refractivity contribution is 0.377. The Morgan fingerprint density at radius 1 is 1.03 bits per heavy atom. The second-order valence-electron chi connectivity index (χ2n) is 9.41. The van der Waals surface area contributed by atoms with E-state index < -0.39 is 0 Å². The molecule has 0 aromatic carbocycles. The van der Waals surface area contributed by atoms with Crippen LogP contribution in [-0.4, -0.2) is 0 Å². The third-order valence-corrected chi connectivity index (χ3v) is 5.22. The molecule has 0 saturated heterocycles. The molecular formula is C30H40. The van der Waals surface area contributed by atoms with Gasteiger partial charge in [0.25, 0.3) is 0 Å². The van der Waals surface area contributed by atoms with Gasteiger partial charge in [0, 0.05) is 6.42 Å². The summed E-state index contributed by atoms with van der Waals surface area (Å²) < 4.78 is 0. The van der Waals surface area contributed by atoms with Crippen LogP contribution in [0.15, 0.2) is 70.4 Å². The summed E-state index contributed by atoms with van der Waals surface area (Å²) in [5, 5.41) is 0. The first kappa shape index (κ1) is 25.6. The lowest BCUT2D eigenvalue weighted by atomic mass is 9.72. The SMILES string of the molecule is CC1=C(/C=C/C(C)=C/C#C/C(C)=C/C=C\C=C(/C)C#CCC(C)C)C(C)(C)CCC1. The van der Waals surface area contributed by atoms with Crippen LogP contribution in [0.4, 0.5) is 0 Å². The molecule has 0 aromatic heterocycles. The highest BCUT2D eigenvalue weighted by molar-refractivity contribution is 5.40. The molecule has 0 aromatic rings. The van der Waals surface area contributed by atoms with Gasteiger partial charge in [-0.1, -0.05) is 93.4 Å². The first-order valence-electron chi connectivity index (χ1n) is 11.2. The Morgan fingerprint density at radius 2 is 1.67 bits per heavy atom. The molecule has 0 heterocycles. The van der Waals surface area contributed by atoms with Crippen LogP contribution >= 0.6 is 0 Å². The largest absolute Gasteiger partial charge is 0.0980 e. The van der Waals surface area contributed by atoms with Gasteiger partial charge in [-0.25, -0.2) is 0 Å². The summed E-state index contributed by atoms with van der Waals surface area (Å²) in [6, 6.07) is 0. The average Bonchev–Trinajstić information content (AvgIpc) is 2.64. The first-order chi connectivity index (χ1) is 14.1. The van der Waals surface area contributed by atoms with Gasteiger partial charge in [0.2, 0.25) is 0 Å². The summed E-state index contributed by atoms with van der Waals surface area (Å²) in [5.41, 5.74) is 6.62. The number of hydrogen-bond donors (Lipinski definition) is 0. The van der Waals surface area contributed by atoms with Gasteiger partial charge in [-0.05, 0) is 86.7 Å². The van der Waals surface area contributed by atoms with Crippen LogP contribution in [-0.2, 0) is 0 Å². The van der Waals surface area contributed by atoms with E-state index in [1.165, 1.54) is 36.0 Å². The lowest BCUT2D eigenvalue weighted by Crippen LogP contribution is -2.19. The monoisotopic (exact) mass is 400 g/mol. The van der Waals surface area contributed by atoms with Crippen molar-refractivity contribution in [2.45, 2.75) is 81.1 Å². The molecule has 160 valence electrons. The molecule has 0 nitrogen and oxygen atoms in total. The Balaban J connectivity index is 2.68. The first-order valence-corrected chi connectivity index (χ1v) is 11.2. The van der Waals surface area contributed by atoms with Crippen molar-refractivity contribution >= 4 is 0 Å². The maximum atomic E-state index is 3.21. The molecule has 0 N–H and O–H groups in total. The molecule has 1 rings (SSSR count). The molecule has 0 aliphatic heterocycles. The summed E-state index contributed by atoms with van der Waals surface area (Å²) in [5.74, 6) is 13.4. The van der Waals surface area contributed by atoms with Crippen LogP contribution in [0.3, 0.4) is 0 Å². The molecule has 0 spiro atoms. The van der Waals surface area contributed by atoms with E-state index in [0.717, 1.165) is 17.6 Å². The molecule has 1 aliphatic carbocycles. The molecule has 0 saturated carbocycles. The Morgan fingerprint density at radius 3 is 2.27 bits per heavy atom. The molecular weight excluding hydrogens is 360 g/mol. The van der Waals surface area contributed by atoms with E-state index in [2.05, 4.69) is 77.4 Å². The Kier molecular flexibility index (Phi) is 11.1. The van der Waals surface area contributed by atoms with Crippen molar-refractivity contribution in [3.63, 3.8) is 0 Å². The molecule has 1 aliphatic rings. The number of hydrogen-bond acceptors (Lipinski definition) is 0. The minimum atomic E-state index is 0.281. The topological polar surface area (TPSA) is 0 Å². The van der Waals surface area contributed by atoms with Gasteiger partial charge in [0.15, 0.2) is 0 Å². The van der Waals surface area contributed by atoms with E-state index in [0.29, 0.717) is 5.92 Å². The average molecular weight is 401 g/mol. The summed E-state index contributed by atoms with van der Waals surface area (Å²) in [7, 11) is 0. The lowest BCUT2D eigenvalue weighted by Gasteiger charge is -2.32. The third-order valence-electron chi connectivity index (χ3n) is 5.22. The predicted octanol–water partition coefficient (Wildman–Crippen LogP) is 8.52. The van der Waals surface area contributed by atoms with Crippen LogP contribution in [0, 0.1) is 35.0 Å². The zero-order chi connectivity index (χ0) is 22.6. The third kappa shape index (κ3) is 10.4. The van der Waals surface area contributed by atoms with Gasteiger partial charge < -0.3 is 0 Å². The summed E-state index contributed by atoms with van der Waals surface area (Å²) in [6.07, 6.45) is 19.4. The summed E-state index contributed by atoms with van der Waals surface area (Å²) in [4.78, 5) is 0. The molecule has 0 heteroatoms. The molecule has 0 amide bonds. The fourth-order valence-corrected chi connectivity index (χ4v) is 3.41. The predicted molar refractivity (Wildman–Crippen MR) is 135 cm³/mol. The van der Waals surface area contributed by atoms with Crippen LogP contribution in [0.5, 0.6) is 0 Å². The quantitative estimate of drug-likeness (QED) is 0.320. The second kappa shape index (κ2) is 13.0. The number of allylic oxidation sites excluding steroid dienone is 12. The van der Waals surface area contributed by atoms with Crippen LogP contribution < -0.4 is 0 Å². The number of rotatable bonds is 5. The van der Waals surface area contributed by atoms with E-state index >= 15 is 0 Å². The maximum absolute atomic E-state index is 3.21. The minimum Gasteiger partial charge on any atom is -0.0980 e. The van der Waals surface area contributed by atoms with Crippen molar-refractivity contribution in [3.05, 3.63) is 70.4 Å². The normalized spacial score (nSPS) is 18.0. The van der Waals surface area contributed by atoms with Crippen molar-refractivity contribution in [3.8, 4) is 23.7 Å². The van der Waals surface area contributed by atoms with E-state index in [1.54, 1.807) is 0 Å². The maximum Gasteiger partial charge on any atom is 0.0115 e. The molecule has 0 radical (unpaired) electrons. The minimum absolute atomic E-state index is 0.281. The van der Waals surface area contributed by atoms with Crippen molar-refractivity contribution in [2.24, 2.45) is 11.3 Å². The highest BCUT2D eigenvalue weighted by Gasteiger charge is 2.26. The standard InChI is InChI=1S/C30H40/c1-24(2)14-11-17-25(3)15-9-10-16-26(4)18-12-19-27(5)21-22-29-28(6)20-13-23-30(29,7)8/h9-10,15-16,19,21-22,24H,13-14,20,23H2,1-8H3/b10-9-,22-21+,25-15+,26-16+,27-19+. The molecule has 0 unspecified atom stereocenters. The van der Waals surface area contributed by atoms with Crippen molar-refractivity contribution in [2.75, 3.05) is 0 Å². The van der Waals surface area contributed by atoms with Gasteiger partial charge >= 0.3 is 0 Å². The second-order valence-corrected chi connectivity index (χ2v) is 9.41. The highest BCUT2D eigenvalue weighted by Crippen LogP contribution is 2.40. The van der Waals surface area contributed by atoms with Crippen molar-refractivity contribution in [1.82, 2.24) is 0 Å². The smallest absolute Gasteiger partial charge is 0.0115 e. The Bertz CT molecular complexity index is 881. The summed E-state index contributed by atoms with van der Waals surface area (Å²) >= 11 is 0. The zero-order valence-electron chi connectivity index (χ0n) is 20.4. The Labute approximate surface area is 186 Å². The molecule has 0 atom stereocenters. The van der Waals surface area contributed by atoms with Crippen LogP contribution in [0.1, 0.15) is 81.1 Å². The fourth-order valence-electron chi connectivity index (χ4n) is 3.41. The van der Waals surface area contributed by atoms with Gasteiger partial charge in [-0.15, -0.1) is 0 Å². The van der Waals surface area contributed by atoms with E-state index in [4.69, 9.17) is 0 Å². The van der Waals surface area contributed by atoms with E-state index in [1.807, 2.05) is 44.2 Å². The van der Waals surface area contributed by atoms with E-state index in [9.17, 15) is 0 Å². The van der Waals surface area contributed by atoms with Gasteiger partial charge in [-0.2, -0.15) is 0 Å². The zero-order valence-corrected chi connectivity index (χ0v) is 20.4. The molecule has 30 heavy (non-hydrogen) atoms. The van der Waals surface area contributed by atoms with E-state index in [-0.39, 0.29) is 5.41 Å². The van der Waals surface area contributed by atoms with Gasteiger partial charge in [0.05, 0.1) is 0 Å². The molecule has 0 fully saturated rings. The van der Waals surface area contributed by atoms with Crippen LogP contribution in [0.25, 0.3) is 0 Å². The van der Waals surface area contributed by atoms with Crippen molar-refractivity contribution in [1.29, 1.82) is 0 Å². The fraction of sp³-hybridized carbons (Fsp3) is 0.467. The highest BCUT2D eigenvalue weighted by atomic mass is 14.3.